The highest BCUT2D eigenvalue weighted by atomic mass is 19.1. The van der Waals surface area contributed by atoms with E-state index in [2.05, 4.69) is 4.98 Å². The highest BCUT2D eigenvalue weighted by molar-refractivity contribution is 5.85. The number of nitrogens with zero attached hydrogens (tertiary/aromatic N) is 2. The molecule has 0 spiro atoms. The average molecular weight is 291 g/mol. The summed E-state index contributed by atoms with van der Waals surface area (Å²) in [6, 6.07) is 2.26. The van der Waals surface area contributed by atoms with E-state index in [1.807, 2.05) is 11.5 Å². The van der Waals surface area contributed by atoms with Crippen molar-refractivity contribution in [3.05, 3.63) is 29.3 Å². The molecular weight excluding hydrogens is 273 g/mol. The molecule has 0 amide bonds. The molecule has 3 N–H and O–H groups in total. The molecule has 0 bridgehead atoms. The maximum atomic E-state index is 13.5. The second-order valence-electron chi connectivity index (χ2n) is 5.56. The van der Waals surface area contributed by atoms with Crippen molar-refractivity contribution in [2.75, 3.05) is 0 Å². The topological polar surface area (TPSA) is 81.1 Å². The third-order valence-corrected chi connectivity index (χ3v) is 4.23. The molecule has 2 aromatic heterocycles. The Labute approximate surface area is 121 Å². The van der Waals surface area contributed by atoms with Gasteiger partial charge in [0.2, 0.25) is 5.95 Å². The van der Waals surface area contributed by atoms with Gasteiger partial charge in [0.15, 0.2) is 0 Å². The van der Waals surface area contributed by atoms with Gasteiger partial charge in [-0.1, -0.05) is 6.92 Å². The summed E-state index contributed by atoms with van der Waals surface area (Å²) in [7, 11) is 0. The number of carboxylic acids is 1. The summed E-state index contributed by atoms with van der Waals surface area (Å²) in [5, 5.41) is 9.47. The Kier molecular flexibility index (Phi) is 3.41. The zero-order valence-electron chi connectivity index (χ0n) is 11.8. The summed E-state index contributed by atoms with van der Waals surface area (Å²) in [5.41, 5.74) is 9.10. The molecule has 2 aromatic rings. The Bertz CT molecular complexity index is 710. The number of hydrogen-bond acceptors (Lipinski definition) is 3. The largest absolute Gasteiger partial charge is 0.480 e. The van der Waals surface area contributed by atoms with Crippen molar-refractivity contribution in [1.82, 2.24) is 9.55 Å². The Morgan fingerprint density at radius 1 is 1.62 bits per heavy atom. The number of carbonyl (C=O) groups is 1. The average Bonchev–Trinajstić information content (AvgIpc) is 2.73. The Morgan fingerprint density at radius 2 is 2.38 bits per heavy atom. The number of halogens is 1. The molecule has 0 fully saturated rings. The summed E-state index contributed by atoms with van der Waals surface area (Å²) < 4.78 is 15.3. The summed E-state index contributed by atoms with van der Waals surface area (Å²) in [5.74, 6) is -1.43. The van der Waals surface area contributed by atoms with Crippen molar-refractivity contribution in [3.63, 3.8) is 0 Å². The summed E-state index contributed by atoms with van der Waals surface area (Å²) >= 11 is 0. The number of carboxylic acid groups (broad SMARTS) is 1. The molecule has 21 heavy (non-hydrogen) atoms. The predicted octanol–water partition coefficient (Wildman–Crippen LogP) is 2.03. The minimum Gasteiger partial charge on any atom is -0.480 e. The minimum absolute atomic E-state index is 0.0199. The number of pyridine rings is 1. The van der Waals surface area contributed by atoms with Crippen LogP contribution in [0.15, 0.2) is 12.1 Å². The molecule has 2 heterocycles. The first-order valence-electron chi connectivity index (χ1n) is 7.19. The van der Waals surface area contributed by atoms with Gasteiger partial charge in [0, 0.05) is 17.3 Å². The smallest absolute Gasteiger partial charge is 0.326 e. The van der Waals surface area contributed by atoms with Crippen LogP contribution in [0.25, 0.3) is 11.0 Å². The fraction of sp³-hybridized carbons (Fsp3) is 0.467. The van der Waals surface area contributed by atoms with Crippen LogP contribution in [0.3, 0.4) is 0 Å². The molecule has 0 radical (unpaired) electrons. The van der Waals surface area contributed by atoms with Gasteiger partial charge in [-0.3, -0.25) is 0 Å². The van der Waals surface area contributed by atoms with Crippen molar-refractivity contribution >= 4 is 17.0 Å². The van der Waals surface area contributed by atoms with Crippen LogP contribution in [-0.2, 0) is 17.6 Å². The van der Waals surface area contributed by atoms with Crippen LogP contribution in [0.2, 0.25) is 0 Å². The van der Waals surface area contributed by atoms with Gasteiger partial charge in [-0.25, -0.2) is 9.78 Å². The van der Waals surface area contributed by atoms with Gasteiger partial charge in [-0.2, -0.15) is 4.39 Å². The van der Waals surface area contributed by atoms with Gasteiger partial charge in [0.05, 0.1) is 11.0 Å². The van der Waals surface area contributed by atoms with Crippen molar-refractivity contribution in [2.45, 2.75) is 44.7 Å². The fourth-order valence-corrected chi connectivity index (χ4v) is 3.27. The molecule has 2 atom stereocenters. The lowest BCUT2D eigenvalue weighted by Gasteiger charge is -2.23. The third kappa shape index (κ3) is 2.19. The lowest BCUT2D eigenvalue weighted by atomic mass is 9.93. The predicted molar refractivity (Wildman–Crippen MR) is 76.7 cm³/mol. The third-order valence-electron chi connectivity index (χ3n) is 4.23. The van der Waals surface area contributed by atoms with Gasteiger partial charge in [0.25, 0.3) is 0 Å². The van der Waals surface area contributed by atoms with E-state index in [1.54, 1.807) is 6.07 Å². The van der Waals surface area contributed by atoms with Crippen molar-refractivity contribution < 1.29 is 14.3 Å². The molecule has 0 aromatic carbocycles. The summed E-state index contributed by atoms with van der Waals surface area (Å²) in [4.78, 5) is 15.5. The van der Waals surface area contributed by atoms with Gasteiger partial charge in [0.1, 0.15) is 6.04 Å². The van der Waals surface area contributed by atoms with Gasteiger partial charge >= 0.3 is 5.97 Å². The Balaban J connectivity index is 2.31. The number of fused-ring (bicyclic) bond motifs is 3. The first kappa shape index (κ1) is 14.0. The lowest BCUT2D eigenvalue weighted by molar-refractivity contribution is -0.140. The molecule has 6 heteroatoms. The SMILES string of the molecule is CC[C@@H](C(=O)O)n1c2c(c3nc(F)ccc31)CC(N)CC2. The first-order chi connectivity index (χ1) is 10.0. The lowest BCUT2D eigenvalue weighted by Crippen LogP contribution is -2.29. The number of nitrogens with two attached hydrogens (primary N) is 1. The second-order valence-corrected chi connectivity index (χ2v) is 5.56. The highest BCUT2D eigenvalue weighted by Gasteiger charge is 2.30. The number of aromatic nitrogens is 2. The molecule has 112 valence electrons. The second kappa shape index (κ2) is 5.11. The van der Waals surface area contributed by atoms with Gasteiger partial charge < -0.3 is 15.4 Å². The monoisotopic (exact) mass is 291 g/mol. The first-order valence-corrected chi connectivity index (χ1v) is 7.19. The van der Waals surface area contributed by atoms with E-state index in [1.165, 1.54) is 6.07 Å². The zero-order valence-corrected chi connectivity index (χ0v) is 11.8. The highest BCUT2D eigenvalue weighted by Crippen LogP contribution is 2.34. The molecule has 0 saturated carbocycles. The van der Waals surface area contributed by atoms with E-state index in [0.717, 1.165) is 17.7 Å². The fourth-order valence-electron chi connectivity index (χ4n) is 3.27. The standard InChI is InChI=1S/C15H18FN3O2/c1-2-10(15(20)21)19-11-4-3-8(17)7-9(11)14-12(19)5-6-13(16)18-14/h5-6,8,10H,2-4,7,17H2,1H3,(H,20,21)/t8?,10-/m0/s1. The normalized spacial score (nSPS) is 19.5. The van der Waals surface area contributed by atoms with Crippen LogP contribution in [-0.4, -0.2) is 26.7 Å². The zero-order chi connectivity index (χ0) is 15.1. The van der Waals surface area contributed by atoms with E-state index in [-0.39, 0.29) is 6.04 Å². The van der Waals surface area contributed by atoms with E-state index in [4.69, 9.17) is 5.73 Å². The van der Waals surface area contributed by atoms with Gasteiger partial charge in [-0.05, 0) is 37.8 Å². The van der Waals surface area contributed by atoms with Crippen LogP contribution in [0.1, 0.15) is 37.1 Å². The van der Waals surface area contributed by atoms with Gasteiger partial charge in [-0.15, -0.1) is 0 Å². The van der Waals surface area contributed by atoms with Crippen molar-refractivity contribution in [2.24, 2.45) is 5.73 Å². The van der Waals surface area contributed by atoms with E-state index < -0.39 is 18.0 Å². The molecule has 0 aliphatic heterocycles. The molecule has 1 aliphatic rings. The Morgan fingerprint density at radius 3 is 3.05 bits per heavy atom. The van der Waals surface area contributed by atoms with Crippen LogP contribution < -0.4 is 5.73 Å². The number of rotatable bonds is 3. The molecule has 0 saturated heterocycles. The maximum Gasteiger partial charge on any atom is 0.326 e. The molecule has 3 rings (SSSR count). The van der Waals surface area contributed by atoms with E-state index >= 15 is 0 Å². The molecule has 1 aliphatic carbocycles. The minimum atomic E-state index is -0.878. The van der Waals surface area contributed by atoms with Crippen molar-refractivity contribution in [3.8, 4) is 0 Å². The van der Waals surface area contributed by atoms with E-state index in [9.17, 15) is 14.3 Å². The molecule has 1 unspecified atom stereocenters. The maximum absolute atomic E-state index is 13.5. The molecule has 5 nitrogen and oxygen atoms in total. The van der Waals surface area contributed by atoms with Crippen LogP contribution in [0.4, 0.5) is 4.39 Å². The van der Waals surface area contributed by atoms with Crippen LogP contribution in [0, 0.1) is 5.95 Å². The quantitative estimate of drug-likeness (QED) is 0.848. The Hall–Kier alpha value is -1.95. The number of hydrogen-bond donors (Lipinski definition) is 2. The van der Waals surface area contributed by atoms with Crippen molar-refractivity contribution in [1.29, 1.82) is 0 Å². The summed E-state index contributed by atoms with van der Waals surface area (Å²) in [6.45, 7) is 1.84. The van der Waals surface area contributed by atoms with E-state index in [0.29, 0.717) is 30.3 Å². The van der Waals surface area contributed by atoms with Crippen LogP contribution in [0.5, 0.6) is 0 Å². The number of aliphatic carboxylic acids is 1. The van der Waals surface area contributed by atoms with Crippen LogP contribution >= 0.6 is 0 Å². The molecular formula is C15H18FN3O2. The summed E-state index contributed by atoms with van der Waals surface area (Å²) in [6.07, 6.45) is 2.60.